The fraction of sp³-hybridized carbons (Fsp3) is 0.810. The lowest BCUT2D eigenvalue weighted by atomic mass is 9.97. The largest absolute Gasteiger partial charge is 0.463 e. The van der Waals surface area contributed by atoms with Crippen molar-refractivity contribution >= 4 is 23.9 Å². The van der Waals surface area contributed by atoms with Crippen molar-refractivity contribution < 1.29 is 72.4 Å². The van der Waals surface area contributed by atoms with Crippen LogP contribution in [0.3, 0.4) is 0 Å². The predicted molar refractivity (Wildman–Crippen MR) is 112 cm³/mol. The first kappa shape index (κ1) is 29.8. The summed E-state index contributed by atoms with van der Waals surface area (Å²) in [6.07, 6.45) is -14.3. The van der Waals surface area contributed by atoms with E-state index in [1.807, 2.05) is 0 Å². The third-order valence-corrected chi connectivity index (χ3v) is 5.27. The Balaban J connectivity index is 2.33. The Morgan fingerprint density at radius 3 is 1.69 bits per heavy atom. The molecule has 0 bridgehead atoms. The van der Waals surface area contributed by atoms with Gasteiger partial charge < -0.3 is 53.2 Å². The Labute approximate surface area is 206 Å². The van der Waals surface area contributed by atoms with E-state index in [2.05, 4.69) is 0 Å². The third kappa shape index (κ3) is 7.80. The van der Waals surface area contributed by atoms with Gasteiger partial charge in [0.25, 0.3) is 0 Å². The average molecular weight is 524 g/mol. The molecule has 0 spiro atoms. The van der Waals surface area contributed by atoms with E-state index in [1.54, 1.807) is 0 Å². The number of carbonyl (C=O) groups excluding carboxylic acids is 4. The highest BCUT2D eigenvalue weighted by Gasteiger charge is 2.53. The van der Waals surface area contributed by atoms with Crippen LogP contribution in [0.25, 0.3) is 0 Å². The summed E-state index contributed by atoms with van der Waals surface area (Å²) >= 11 is 0. The van der Waals surface area contributed by atoms with Crippen molar-refractivity contribution in [1.29, 1.82) is 0 Å². The zero-order valence-electron chi connectivity index (χ0n) is 20.4. The fourth-order valence-electron chi connectivity index (χ4n) is 3.76. The van der Waals surface area contributed by atoms with Gasteiger partial charge in [0, 0.05) is 34.8 Å². The molecule has 0 unspecified atom stereocenters. The molecular weight excluding hydrogens is 492 g/mol. The molecule has 0 aromatic rings. The van der Waals surface area contributed by atoms with E-state index in [4.69, 9.17) is 37.9 Å². The molecule has 0 aliphatic carbocycles. The molecule has 2 heterocycles. The SMILES string of the molecule is CO[C@H]1O[C@H](CO[C@H]2O[C@H](COC(C)=O)[C@@H](OC(C)=O)[C@H](OC(C)=O)[C@H]2OC(C)=O)[C@@H](O)[C@H](O)[C@H]1O. The Hall–Kier alpha value is -2.40. The van der Waals surface area contributed by atoms with Crippen LogP contribution in [0.1, 0.15) is 27.7 Å². The Morgan fingerprint density at radius 1 is 0.639 bits per heavy atom. The lowest BCUT2D eigenvalue weighted by molar-refractivity contribution is -0.330. The summed E-state index contributed by atoms with van der Waals surface area (Å²) in [4.78, 5) is 46.8. The molecule has 0 radical (unpaired) electrons. The van der Waals surface area contributed by atoms with Crippen LogP contribution in [0, 0.1) is 0 Å². The van der Waals surface area contributed by atoms with Gasteiger partial charge in [-0.25, -0.2) is 0 Å². The van der Waals surface area contributed by atoms with Crippen LogP contribution in [-0.4, -0.2) is 121 Å². The van der Waals surface area contributed by atoms with Crippen LogP contribution < -0.4 is 0 Å². The van der Waals surface area contributed by atoms with E-state index in [0.717, 1.165) is 27.7 Å². The molecular formula is C21H32O15. The lowest BCUT2D eigenvalue weighted by Crippen LogP contribution is -2.64. The topological polar surface area (TPSA) is 203 Å². The van der Waals surface area contributed by atoms with Gasteiger partial charge in [-0.1, -0.05) is 0 Å². The van der Waals surface area contributed by atoms with Crippen molar-refractivity contribution in [3.05, 3.63) is 0 Å². The molecule has 2 rings (SSSR count). The van der Waals surface area contributed by atoms with Gasteiger partial charge in [-0.05, 0) is 0 Å². The Kier molecular flexibility index (Phi) is 11.0. The van der Waals surface area contributed by atoms with E-state index in [9.17, 15) is 34.5 Å². The lowest BCUT2D eigenvalue weighted by Gasteiger charge is -2.45. The first-order chi connectivity index (χ1) is 16.8. The van der Waals surface area contributed by atoms with Crippen molar-refractivity contribution in [2.75, 3.05) is 20.3 Å². The third-order valence-electron chi connectivity index (χ3n) is 5.27. The molecule has 2 fully saturated rings. The molecule has 0 amide bonds. The quantitative estimate of drug-likeness (QED) is 0.211. The van der Waals surface area contributed by atoms with E-state index in [-0.39, 0.29) is 0 Å². The number of aliphatic hydroxyl groups is 3. The second-order valence-corrected chi connectivity index (χ2v) is 8.15. The smallest absolute Gasteiger partial charge is 0.303 e. The number of aliphatic hydroxyl groups excluding tert-OH is 3. The molecule has 2 aliphatic rings. The van der Waals surface area contributed by atoms with Crippen LogP contribution >= 0.6 is 0 Å². The van der Waals surface area contributed by atoms with E-state index in [1.165, 1.54) is 7.11 Å². The Bertz CT molecular complexity index is 785. The van der Waals surface area contributed by atoms with E-state index < -0.39 is 98.5 Å². The van der Waals surface area contributed by atoms with Crippen molar-refractivity contribution in [3.63, 3.8) is 0 Å². The van der Waals surface area contributed by atoms with Crippen molar-refractivity contribution in [1.82, 2.24) is 0 Å². The van der Waals surface area contributed by atoms with Gasteiger partial charge in [0.2, 0.25) is 0 Å². The maximum Gasteiger partial charge on any atom is 0.303 e. The number of hydrogen-bond donors (Lipinski definition) is 3. The number of carbonyl (C=O) groups is 4. The number of rotatable bonds is 9. The van der Waals surface area contributed by atoms with Gasteiger partial charge in [0.05, 0.1) is 6.61 Å². The number of ether oxygens (including phenoxy) is 8. The van der Waals surface area contributed by atoms with Gasteiger partial charge in [-0.3, -0.25) is 19.2 Å². The average Bonchev–Trinajstić information content (AvgIpc) is 2.78. The molecule has 2 saturated heterocycles. The van der Waals surface area contributed by atoms with Gasteiger partial charge in [0.1, 0.15) is 37.1 Å². The maximum atomic E-state index is 11.8. The summed E-state index contributed by atoms with van der Waals surface area (Å²) < 4.78 is 42.6. The predicted octanol–water partition coefficient (Wildman–Crippen LogP) is -2.46. The summed E-state index contributed by atoms with van der Waals surface area (Å²) in [5.41, 5.74) is 0. The number of hydrogen-bond acceptors (Lipinski definition) is 15. The minimum Gasteiger partial charge on any atom is -0.463 e. The van der Waals surface area contributed by atoms with Crippen LogP contribution in [0.4, 0.5) is 0 Å². The molecule has 36 heavy (non-hydrogen) atoms. The minimum atomic E-state index is -1.63. The fourth-order valence-corrected chi connectivity index (χ4v) is 3.76. The number of methoxy groups -OCH3 is 1. The molecule has 2 aliphatic heterocycles. The van der Waals surface area contributed by atoms with Crippen LogP contribution in [0.15, 0.2) is 0 Å². The summed E-state index contributed by atoms with van der Waals surface area (Å²) in [6.45, 7) is 3.44. The molecule has 3 N–H and O–H groups in total. The summed E-state index contributed by atoms with van der Waals surface area (Å²) in [6, 6.07) is 0. The molecule has 0 aromatic carbocycles. The molecule has 15 nitrogen and oxygen atoms in total. The van der Waals surface area contributed by atoms with Gasteiger partial charge >= 0.3 is 23.9 Å². The minimum absolute atomic E-state index is 0.448. The normalized spacial score (nSPS) is 36.4. The Morgan fingerprint density at radius 2 is 1.17 bits per heavy atom. The zero-order valence-corrected chi connectivity index (χ0v) is 20.4. The van der Waals surface area contributed by atoms with Crippen molar-refractivity contribution in [3.8, 4) is 0 Å². The molecule has 0 aromatic heterocycles. The number of esters is 4. The summed E-state index contributed by atoms with van der Waals surface area (Å²) in [5, 5.41) is 30.3. The molecule has 10 atom stereocenters. The van der Waals surface area contributed by atoms with Gasteiger partial charge in [-0.2, -0.15) is 0 Å². The van der Waals surface area contributed by atoms with Crippen molar-refractivity contribution in [2.45, 2.75) is 89.1 Å². The first-order valence-corrected chi connectivity index (χ1v) is 11.0. The molecule has 15 heteroatoms. The van der Waals surface area contributed by atoms with Crippen LogP contribution in [0.2, 0.25) is 0 Å². The highest BCUT2D eigenvalue weighted by molar-refractivity contribution is 5.68. The standard InChI is InChI=1S/C21H32O15/c1-8(22)30-7-13-17(32-9(2)23)18(33-10(3)24)19(34-11(4)25)21(36-13)31-6-12-14(26)15(27)16(28)20(29-5)35-12/h12-21,26-28H,6-7H2,1-5H3/t12-,13-,14-,15+,16-,17-,18+,19-,20+,21+/m1/s1. The molecule has 206 valence electrons. The second-order valence-electron chi connectivity index (χ2n) is 8.15. The van der Waals surface area contributed by atoms with Crippen LogP contribution in [-0.2, 0) is 57.1 Å². The maximum absolute atomic E-state index is 11.8. The van der Waals surface area contributed by atoms with Gasteiger partial charge in [0.15, 0.2) is 30.9 Å². The monoisotopic (exact) mass is 524 g/mol. The molecule has 0 saturated carbocycles. The van der Waals surface area contributed by atoms with E-state index in [0.29, 0.717) is 0 Å². The highest BCUT2D eigenvalue weighted by Crippen LogP contribution is 2.31. The first-order valence-electron chi connectivity index (χ1n) is 11.0. The summed E-state index contributed by atoms with van der Waals surface area (Å²) in [7, 11) is 1.22. The second kappa shape index (κ2) is 13.2. The highest BCUT2D eigenvalue weighted by atomic mass is 16.7. The van der Waals surface area contributed by atoms with Gasteiger partial charge in [-0.15, -0.1) is 0 Å². The summed E-state index contributed by atoms with van der Waals surface area (Å²) in [5.74, 6) is -3.10. The van der Waals surface area contributed by atoms with Crippen molar-refractivity contribution in [2.24, 2.45) is 0 Å². The van der Waals surface area contributed by atoms with Crippen LogP contribution in [0.5, 0.6) is 0 Å². The zero-order chi connectivity index (χ0) is 27.2. The van der Waals surface area contributed by atoms with E-state index >= 15 is 0 Å².